The van der Waals surface area contributed by atoms with E-state index in [9.17, 15) is 4.79 Å². The zero-order valence-electron chi connectivity index (χ0n) is 15.2. The van der Waals surface area contributed by atoms with E-state index in [1.807, 2.05) is 57.2 Å². The molecule has 5 nitrogen and oxygen atoms in total. The fourth-order valence-corrected chi connectivity index (χ4v) is 2.72. The Bertz CT molecular complexity index is 777. The molecule has 0 aromatic heterocycles. The highest BCUT2D eigenvalue weighted by molar-refractivity contribution is 6.32. The molecule has 26 heavy (non-hydrogen) atoms. The minimum Gasteiger partial charge on any atom is -0.489 e. The number of aryl methyl sites for hydroxylation is 1. The van der Waals surface area contributed by atoms with E-state index in [2.05, 4.69) is 5.16 Å². The average molecular weight is 375 g/mol. The minimum absolute atomic E-state index is 0.240. The van der Waals surface area contributed by atoms with Crippen LogP contribution in [0.25, 0.3) is 0 Å². The molecule has 0 fully saturated rings. The molecule has 0 heterocycles. The normalized spacial score (nSPS) is 10.8. The van der Waals surface area contributed by atoms with Gasteiger partial charge in [0.1, 0.15) is 25.2 Å². The minimum atomic E-state index is -0.240. The van der Waals surface area contributed by atoms with Gasteiger partial charge in [-0.15, -0.1) is 0 Å². The van der Waals surface area contributed by atoms with E-state index in [4.69, 9.17) is 21.2 Å². The maximum absolute atomic E-state index is 12.4. The first-order valence-electron chi connectivity index (χ1n) is 8.50. The summed E-state index contributed by atoms with van der Waals surface area (Å²) in [5.41, 5.74) is 2.65. The number of nitrogens with zero attached hydrogens (tertiary/aromatic N) is 2. The molecule has 6 heteroatoms. The van der Waals surface area contributed by atoms with Crippen molar-refractivity contribution < 1.29 is 14.4 Å². The van der Waals surface area contributed by atoms with Gasteiger partial charge in [-0.1, -0.05) is 35.0 Å². The predicted molar refractivity (Wildman–Crippen MR) is 105 cm³/mol. The Morgan fingerprint density at radius 1 is 1.23 bits per heavy atom. The molecular formula is C20H23ClN2O3. The molecule has 0 atom stereocenters. The van der Waals surface area contributed by atoms with Crippen molar-refractivity contribution >= 4 is 29.4 Å². The first kappa shape index (κ1) is 19.8. The molecule has 0 radical (unpaired) electrons. The third-order valence-corrected chi connectivity index (χ3v) is 3.99. The van der Waals surface area contributed by atoms with Crippen molar-refractivity contribution in [3.63, 3.8) is 0 Å². The number of hydrogen-bond donors (Lipinski definition) is 0. The van der Waals surface area contributed by atoms with E-state index < -0.39 is 0 Å². The van der Waals surface area contributed by atoms with Crippen LogP contribution in [-0.2, 0) is 16.2 Å². The lowest BCUT2D eigenvalue weighted by Gasteiger charge is -2.22. The van der Waals surface area contributed by atoms with Gasteiger partial charge in [0.25, 0.3) is 5.91 Å². The van der Waals surface area contributed by atoms with Crippen molar-refractivity contribution in [1.29, 1.82) is 0 Å². The monoisotopic (exact) mass is 374 g/mol. The molecular weight excluding hydrogens is 352 g/mol. The molecule has 0 aliphatic rings. The Labute approximate surface area is 159 Å². The van der Waals surface area contributed by atoms with Crippen molar-refractivity contribution in [1.82, 2.24) is 0 Å². The first-order chi connectivity index (χ1) is 12.6. The van der Waals surface area contributed by atoms with Crippen molar-refractivity contribution in [2.75, 3.05) is 18.1 Å². The van der Waals surface area contributed by atoms with Crippen LogP contribution in [-0.4, -0.2) is 25.3 Å². The van der Waals surface area contributed by atoms with Gasteiger partial charge in [0, 0.05) is 17.1 Å². The number of oxime groups is 1. The van der Waals surface area contributed by atoms with Crippen LogP contribution < -0.4 is 9.64 Å². The van der Waals surface area contributed by atoms with Gasteiger partial charge in [-0.3, -0.25) is 4.79 Å². The molecule has 0 unspecified atom stereocenters. The molecule has 0 saturated heterocycles. The molecule has 1 amide bonds. The second kappa shape index (κ2) is 9.82. The topological polar surface area (TPSA) is 51.1 Å². The quantitative estimate of drug-likeness (QED) is 0.501. The van der Waals surface area contributed by atoms with Gasteiger partial charge >= 0.3 is 0 Å². The maximum Gasteiger partial charge on any atom is 0.272 e. The zero-order chi connectivity index (χ0) is 18.9. The van der Waals surface area contributed by atoms with Gasteiger partial charge < -0.3 is 14.5 Å². The van der Waals surface area contributed by atoms with Gasteiger partial charge in [0.05, 0.1) is 5.69 Å². The number of amides is 1. The van der Waals surface area contributed by atoms with E-state index in [1.165, 1.54) is 6.21 Å². The van der Waals surface area contributed by atoms with Crippen LogP contribution in [0, 0.1) is 6.92 Å². The number of ether oxygens (including phenoxy) is 1. The summed E-state index contributed by atoms with van der Waals surface area (Å²) >= 11 is 5.98. The van der Waals surface area contributed by atoms with Gasteiger partial charge in [0.2, 0.25) is 0 Å². The van der Waals surface area contributed by atoms with Crippen molar-refractivity contribution in [3.05, 3.63) is 58.6 Å². The van der Waals surface area contributed by atoms with Gasteiger partial charge in [-0.05, 0) is 50.6 Å². The molecule has 0 bridgehead atoms. The zero-order valence-corrected chi connectivity index (χ0v) is 16.0. The molecule has 0 saturated carbocycles. The van der Waals surface area contributed by atoms with Crippen LogP contribution in [0.3, 0.4) is 0 Å². The van der Waals surface area contributed by atoms with Crippen LogP contribution in [0.15, 0.2) is 47.6 Å². The largest absolute Gasteiger partial charge is 0.489 e. The molecule has 2 rings (SSSR count). The number of para-hydroxylation sites is 1. The van der Waals surface area contributed by atoms with Crippen LogP contribution in [0.4, 0.5) is 5.69 Å². The predicted octanol–water partition coefficient (Wildman–Crippen LogP) is 4.60. The van der Waals surface area contributed by atoms with E-state index >= 15 is 0 Å². The number of anilines is 1. The summed E-state index contributed by atoms with van der Waals surface area (Å²) in [6, 6.07) is 13.1. The lowest BCUT2D eigenvalue weighted by molar-refractivity contribution is -0.112. The standard InChI is InChI=1S/C20H23ClN2O3/c1-4-23(20(24)13-22-26-5-2)18-9-7-6-8-16(18)14-25-19-11-10-17(21)12-15(19)3/h6-13H,4-5,14H2,1-3H3. The maximum atomic E-state index is 12.4. The molecule has 2 aromatic carbocycles. The lowest BCUT2D eigenvalue weighted by Crippen LogP contribution is -2.32. The fourth-order valence-electron chi connectivity index (χ4n) is 2.50. The Morgan fingerprint density at radius 2 is 2.00 bits per heavy atom. The summed E-state index contributed by atoms with van der Waals surface area (Å²) in [5, 5.41) is 4.34. The number of carbonyl (C=O) groups excluding carboxylic acids is 1. The summed E-state index contributed by atoms with van der Waals surface area (Å²) < 4.78 is 5.94. The van der Waals surface area contributed by atoms with Gasteiger partial charge in [-0.25, -0.2) is 0 Å². The Morgan fingerprint density at radius 3 is 2.69 bits per heavy atom. The Hall–Kier alpha value is -2.53. The van der Waals surface area contributed by atoms with Crippen molar-refractivity contribution in [3.8, 4) is 5.75 Å². The molecule has 0 aliphatic carbocycles. The van der Waals surface area contributed by atoms with Crippen LogP contribution in [0.2, 0.25) is 5.02 Å². The third-order valence-electron chi connectivity index (χ3n) is 3.75. The van der Waals surface area contributed by atoms with E-state index in [1.54, 1.807) is 11.0 Å². The fraction of sp³-hybridized carbons (Fsp3) is 0.300. The Kier molecular flexibility index (Phi) is 7.48. The smallest absolute Gasteiger partial charge is 0.272 e. The second-order valence-electron chi connectivity index (χ2n) is 5.56. The van der Waals surface area contributed by atoms with Crippen LogP contribution >= 0.6 is 11.6 Å². The number of carbonyl (C=O) groups is 1. The highest BCUT2D eigenvalue weighted by atomic mass is 35.5. The molecule has 0 spiro atoms. The Balaban J connectivity index is 2.18. The molecule has 0 N–H and O–H groups in total. The van der Waals surface area contributed by atoms with E-state index in [0.29, 0.717) is 24.8 Å². The van der Waals surface area contributed by atoms with Gasteiger partial charge in [-0.2, -0.15) is 0 Å². The van der Waals surface area contributed by atoms with Crippen LogP contribution in [0.5, 0.6) is 5.75 Å². The number of rotatable bonds is 8. The van der Waals surface area contributed by atoms with Gasteiger partial charge in [0.15, 0.2) is 0 Å². The molecule has 2 aromatic rings. The second-order valence-corrected chi connectivity index (χ2v) is 6.00. The third kappa shape index (κ3) is 5.23. The van der Waals surface area contributed by atoms with Crippen LogP contribution in [0.1, 0.15) is 25.0 Å². The SMILES string of the molecule is CCON=CC(=O)N(CC)c1ccccc1COc1ccc(Cl)cc1C. The number of benzene rings is 2. The van der Waals surface area contributed by atoms with Crippen molar-refractivity contribution in [2.45, 2.75) is 27.4 Å². The molecule has 0 aliphatic heterocycles. The summed E-state index contributed by atoms with van der Waals surface area (Å²) in [4.78, 5) is 18.9. The number of halogens is 1. The summed E-state index contributed by atoms with van der Waals surface area (Å²) in [5.74, 6) is 0.521. The molecule has 138 valence electrons. The number of hydrogen-bond acceptors (Lipinski definition) is 4. The first-order valence-corrected chi connectivity index (χ1v) is 8.88. The summed E-state index contributed by atoms with van der Waals surface area (Å²) in [6.45, 7) is 6.93. The highest BCUT2D eigenvalue weighted by Gasteiger charge is 2.16. The summed E-state index contributed by atoms with van der Waals surface area (Å²) in [7, 11) is 0. The average Bonchev–Trinajstić information content (AvgIpc) is 2.63. The highest BCUT2D eigenvalue weighted by Crippen LogP contribution is 2.25. The summed E-state index contributed by atoms with van der Waals surface area (Å²) in [6.07, 6.45) is 1.19. The lowest BCUT2D eigenvalue weighted by atomic mass is 10.1. The van der Waals surface area contributed by atoms with E-state index in [-0.39, 0.29) is 5.91 Å². The van der Waals surface area contributed by atoms with Crippen molar-refractivity contribution in [2.24, 2.45) is 5.16 Å². The van der Waals surface area contributed by atoms with E-state index in [0.717, 1.165) is 22.6 Å².